The van der Waals surface area contributed by atoms with E-state index in [9.17, 15) is 0 Å². The fraction of sp³-hybridized carbons (Fsp3) is 0.375. The molecule has 2 aromatic rings. The van der Waals surface area contributed by atoms with Crippen LogP contribution in [-0.2, 0) is 4.74 Å². The van der Waals surface area contributed by atoms with Crippen LogP contribution < -0.4 is 5.32 Å². The van der Waals surface area contributed by atoms with Crippen LogP contribution in [0.2, 0.25) is 0 Å². The maximum Gasteiger partial charge on any atom is 0.170 e. The summed E-state index contributed by atoms with van der Waals surface area (Å²) in [7, 11) is 1.73. The maximum absolute atomic E-state index is 5.57. The predicted molar refractivity (Wildman–Crippen MR) is 93.0 cm³/mol. The average Bonchev–Trinajstić information content (AvgIpc) is 3.17. The van der Waals surface area contributed by atoms with Crippen LogP contribution in [0.5, 0.6) is 0 Å². The van der Waals surface area contributed by atoms with Gasteiger partial charge in [-0.3, -0.25) is 4.98 Å². The highest BCUT2D eigenvalue weighted by Crippen LogP contribution is 2.40. The van der Waals surface area contributed by atoms with Gasteiger partial charge in [0.15, 0.2) is 5.11 Å². The number of hydrogen-bond acceptors (Lipinski definition) is 4. The Bertz CT molecular complexity index is 603. The molecule has 0 unspecified atom stereocenters. The van der Waals surface area contributed by atoms with Crippen LogP contribution in [-0.4, -0.2) is 35.3 Å². The van der Waals surface area contributed by atoms with Gasteiger partial charge in [0.25, 0.3) is 0 Å². The molecule has 0 bridgehead atoms. The van der Waals surface area contributed by atoms with Crippen LogP contribution in [0.4, 0.5) is 0 Å². The zero-order valence-corrected chi connectivity index (χ0v) is 14.1. The van der Waals surface area contributed by atoms with Gasteiger partial charge in [-0.15, -0.1) is 11.3 Å². The third-order valence-corrected chi connectivity index (χ3v) is 5.08. The minimum atomic E-state index is 0.0925. The second-order valence-electron chi connectivity index (χ2n) is 5.18. The van der Waals surface area contributed by atoms with Crippen molar-refractivity contribution in [3.63, 3.8) is 0 Å². The lowest BCUT2D eigenvalue weighted by molar-refractivity contribution is 0.181. The Morgan fingerprint density at radius 3 is 2.95 bits per heavy atom. The third-order valence-electron chi connectivity index (χ3n) is 3.78. The van der Waals surface area contributed by atoms with Crippen molar-refractivity contribution in [3.05, 3.63) is 52.5 Å². The molecule has 1 aliphatic rings. The molecule has 22 heavy (non-hydrogen) atoms. The molecular weight excluding hydrogens is 314 g/mol. The van der Waals surface area contributed by atoms with Gasteiger partial charge in [0.05, 0.1) is 17.8 Å². The molecular formula is C16H19N3OS2. The first-order valence-electron chi connectivity index (χ1n) is 7.31. The van der Waals surface area contributed by atoms with Gasteiger partial charge in [0.1, 0.15) is 0 Å². The molecule has 0 radical (unpaired) electrons. The Labute approximate surface area is 140 Å². The van der Waals surface area contributed by atoms with Crippen molar-refractivity contribution in [3.8, 4) is 0 Å². The lowest BCUT2D eigenvalue weighted by atomic mass is 10.0. The number of pyridine rings is 1. The lowest BCUT2D eigenvalue weighted by Gasteiger charge is -2.26. The van der Waals surface area contributed by atoms with Gasteiger partial charge in [0, 0.05) is 31.3 Å². The molecule has 2 aromatic heterocycles. The van der Waals surface area contributed by atoms with Crippen molar-refractivity contribution in [2.24, 2.45) is 0 Å². The molecule has 3 rings (SSSR count). The van der Waals surface area contributed by atoms with Gasteiger partial charge >= 0.3 is 0 Å². The van der Waals surface area contributed by atoms with Crippen molar-refractivity contribution >= 4 is 28.7 Å². The zero-order chi connectivity index (χ0) is 15.4. The van der Waals surface area contributed by atoms with E-state index < -0.39 is 0 Å². The van der Waals surface area contributed by atoms with E-state index in [-0.39, 0.29) is 12.1 Å². The topological polar surface area (TPSA) is 37.4 Å². The van der Waals surface area contributed by atoms with Crippen molar-refractivity contribution in [2.75, 3.05) is 20.3 Å². The van der Waals surface area contributed by atoms with Crippen molar-refractivity contribution in [1.82, 2.24) is 15.2 Å². The third kappa shape index (κ3) is 3.14. The number of hydrogen-bond donors (Lipinski definition) is 1. The molecule has 1 saturated heterocycles. The summed E-state index contributed by atoms with van der Waals surface area (Å²) in [6.07, 6.45) is 2.79. The van der Waals surface area contributed by atoms with E-state index in [0.717, 1.165) is 30.4 Å². The quantitative estimate of drug-likeness (QED) is 0.649. The Morgan fingerprint density at radius 1 is 1.36 bits per heavy atom. The van der Waals surface area contributed by atoms with E-state index in [4.69, 9.17) is 17.0 Å². The summed E-state index contributed by atoms with van der Waals surface area (Å²) in [5.41, 5.74) is 1.03. The second kappa shape index (κ2) is 7.17. The molecule has 116 valence electrons. The minimum Gasteiger partial charge on any atom is -0.385 e. The summed E-state index contributed by atoms with van der Waals surface area (Å²) < 4.78 is 5.17. The zero-order valence-electron chi connectivity index (χ0n) is 12.4. The first kappa shape index (κ1) is 15.4. The fourth-order valence-electron chi connectivity index (χ4n) is 2.79. The largest absolute Gasteiger partial charge is 0.385 e. The van der Waals surface area contributed by atoms with E-state index in [1.54, 1.807) is 18.4 Å². The number of aromatic nitrogens is 1. The second-order valence-corrected chi connectivity index (χ2v) is 6.55. The molecule has 0 aliphatic carbocycles. The predicted octanol–water partition coefficient (Wildman–Crippen LogP) is 3.15. The number of thiophene rings is 1. The first-order chi connectivity index (χ1) is 10.8. The van der Waals surface area contributed by atoms with Crippen LogP contribution >= 0.6 is 23.6 Å². The van der Waals surface area contributed by atoms with Crippen LogP contribution in [0.3, 0.4) is 0 Å². The van der Waals surface area contributed by atoms with E-state index >= 15 is 0 Å². The van der Waals surface area contributed by atoms with Crippen LogP contribution in [0.1, 0.15) is 29.1 Å². The molecule has 1 aliphatic heterocycles. The Hall–Kier alpha value is -1.50. The Balaban J connectivity index is 1.88. The normalized spacial score (nSPS) is 21.1. The highest BCUT2D eigenvalue weighted by molar-refractivity contribution is 7.80. The number of methoxy groups -OCH3 is 1. The molecule has 0 saturated carbocycles. The summed E-state index contributed by atoms with van der Waals surface area (Å²) in [6.45, 7) is 1.62. The van der Waals surface area contributed by atoms with Gasteiger partial charge in [-0.25, -0.2) is 0 Å². The number of rotatable bonds is 6. The Kier molecular flexibility index (Phi) is 5.02. The van der Waals surface area contributed by atoms with E-state index in [1.165, 1.54) is 4.88 Å². The minimum absolute atomic E-state index is 0.0925. The number of nitrogens with one attached hydrogen (secondary N) is 1. The molecule has 0 spiro atoms. The van der Waals surface area contributed by atoms with E-state index in [2.05, 4.69) is 38.8 Å². The molecule has 1 N–H and O–H groups in total. The van der Waals surface area contributed by atoms with Gasteiger partial charge in [0.2, 0.25) is 0 Å². The van der Waals surface area contributed by atoms with E-state index in [0.29, 0.717) is 0 Å². The summed E-state index contributed by atoms with van der Waals surface area (Å²) in [4.78, 5) is 8.09. The molecule has 4 nitrogen and oxygen atoms in total. The standard InChI is InChI=1S/C16H19N3OS2/c1-20-10-5-9-19-15(13-7-4-11-22-13)14(18-16(19)21)12-6-2-3-8-17-12/h2-4,6-8,11,14-15H,5,9-10H2,1H3,(H,18,21)/t14-,15+/m0/s1. The molecule has 3 heterocycles. The van der Waals surface area contributed by atoms with Gasteiger partial charge in [-0.05, 0) is 42.2 Å². The van der Waals surface area contributed by atoms with Gasteiger partial charge < -0.3 is 15.0 Å². The lowest BCUT2D eigenvalue weighted by Crippen LogP contribution is -2.30. The highest BCUT2D eigenvalue weighted by atomic mass is 32.1. The summed E-state index contributed by atoms with van der Waals surface area (Å²) in [6, 6.07) is 10.6. The van der Waals surface area contributed by atoms with Gasteiger partial charge in [-0.2, -0.15) is 0 Å². The SMILES string of the molecule is COCCCN1C(=S)N[C@@H](c2ccccn2)[C@H]1c1cccs1. The van der Waals surface area contributed by atoms with Gasteiger partial charge in [-0.1, -0.05) is 12.1 Å². The van der Waals surface area contributed by atoms with Crippen molar-refractivity contribution < 1.29 is 4.74 Å². The van der Waals surface area contributed by atoms with Crippen LogP contribution in [0.25, 0.3) is 0 Å². The molecule has 0 aromatic carbocycles. The molecule has 2 atom stereocenters. The summed E-state index contributed by atoms with van der Waals surface area (Å²) in [5.74, 6) is 0. The first-order valence-corrected chi connectivity index (χ1v) is 8.60. The molecule has 0 amide bonds. The Morgan fingerprint density at radius 2 is 2.27 bits per heavy atom. The van der Waals surface area contributed by atoms with E-state index in [1.807, 2.05) is 18.3 Å². The maximum atomic E-state index is 5.57. The number of ether oxygens (including phenoxy) is 1. The number of thiocarbonyl (C=S) groups is 1. The summed E-state index contributed by atoms with van der Waals surface area (Å²) in [5, 5.41) is 6.35. The fourth-order valence-corrected chi connectivity index (χ4v) is 4.00. The highest BCUT2D eigenvalue weighted by Gasteiger charge is 2.39. The molecule has 1 fully saturated rings. The van der Waals surface area contributed by atoms with Crippen molar-refractivity contribution in [2.45, 2.75) is 18.5 Å². The van der Waals surface area contributed by atoms with Crippen LogP contribution in [0.15, 0.2) is 41.9 Å². The average molecular weight is 333 g/mol. The smallest absolute Gasteiger partial charge is 0.170 e. The summed E-state index contributed by atoms with van der Waals surface area (Å²) >= 11 is 7.33. The molecule has 6 heteroatoms. The van der Waals surface area contributed by atoms with Crippen LogP contribution in [0, 0.1) is 0 Å². The monoisotopic (exact) mass is 333 g/mol. The van der Waals surface area contributed by atoms with Crippen molar-refractivity contribution in [1.29, 1.82) is 0 Å². The number of nitrogens with zero attached hydrogens (tertiary/aromatic N) is 2.